The molecule has 3 aromatic rings. The maximum absolute atomic E-state index is 12.2. The number of anilines is 2. The third-order valence-corrected chi connectivity index (χ3v) is 4.65. The Morgan fingerprint density at radius 1 is 1.12 bits per heavy atom. The van der Waals surface area contributed by atoms with Gasteiger partial charge < -0.3 is 9.73 Å². The van der Waals surface area contributed by atoms with Gasteiger partial charge in [0, 0.05) is 12.3 Å². The standard InChI is InChI=1S/C15H11N3O4S2/c1-8(19)9-7-23-15(16-9)18-14(21)11-4-5-12(24-11)17-13(20)10-3-2-6-22-10/h2-7H,1H3,(H,17,20)(H,16,18,21). The molecule has 3 aromatic heterocycles. The van der Waals surface area contributed by atoms with Crippen LogP contribution >= 0.6 is 22.7 Å². The van der Waals surface area contributed by atoms with Gasteiger partial charge in [-0.3, -0.25) is 19.7 Å². The van der Waals surface area contributed by atoms with Crippen LogP contribution in [0.5, 0.6) is 0 Å². The van der Waals surface area contributed by atoms with Crippen LogP contribution < -0.4 is 10.6 Å². The van der Waals surface area contributed by atoms with Crippen molar-refractivity contribution in [2.75, 3.05) is 10.6 Å². The van der Waals surface area contributed by atoms with Crippen LogP contribution in [0, 0.1) is 0 Å². The number of thiophene rings is 1. The van der Waals surface area contributed by atoms with Crippen molar-refractivity contribution in [2.24, 2.45) is 0 Å². The molecule has 0 aliphatic heterocycles. The highest BCUT2D eigenvalue weighted by Gasteiger charge is 2.15. The first-order valence-electron chi connectivity index (χ1n) is 6.75. The van der Waals surface area contributed by atoms with Gasteiger partial charge >= 0.3 is 0 Å². The van der Waals surface area contributed by atoms with Crippen LogP contribution in [0.1, 0.15) is 37.6 Å². The molecule has 3 rings (SSSR count). The normalized spacial score (nSPS) is 10.4. The van der Waals surface area contributed by atoms with Gasteiger partial charge in [-0.05, 0) is 24.3 Å². The predicted octanol–water partition coefficient (Wildman–Crippen LogP) is 3.50. The average Bonchev–Trinajstić information content (AvgIpc) is 3.28. The minimum absolute atomic E-state index is 0.161. The Kier molecular flexibility index (Phi) is 4.54. The molecule has 0 atom stereocenters. The molecule has 3 heterocycles. The van der Waals surface area contributed by atoms with Crippen molar-refractivity contribution in [3.63, 3.8) is 0 Å². The van der Waals surface area contributed by atoms with E-state index < -0.39 is 0 Å². The van der Waals surface area contributed by atoms with Crippen molar-refractivity contribution in [2.45, 2.75) is 6.92 Å². The molecule has 0 fully saturated rings. The molecule has 0 aliphatic carbocycles. The lowest BCUT2D eigenvalue weighted by Gasteiger charge is -1.99. The molecule has 2 amide bonds. The highest BCUT2D eigenvalue weighted by molar-refractivity contribution is 7.18. The maximum atomic E-state index is 12.2. The number of nitrogens with zero attached hydrogens (tertiary/aromatic N) is 1. The van der Waals surface area contributed by atoms with Crippen LogP contribution in [0.4, 0.5) is 10.1 Å². The van der Waals surface area contributed by atoms with E-state index in [-0.39, 0.29) is 23.4 Å². The Labute approximate surface area is 144 Å². The number of carbonyl (C=O) groups is 3. The molecule has 0 bridgehead atoms. The van der Waals surface area contributed by atoms with Gasteiger partial charge in [-0.1, -0.05) is 0 Å². The fourth-order valence-corrected chi connectivity index (χ4v) is 3.30. The fourth-order valence-electron chi connectivity index (χ4n) is 1.76. The summed E-state index contributed by atoms with van der Waals surface area (Å²) in [5.41, 5.74) is 0.313. The summed E-state index contributed by atoms with van der Waals surface area (Å²) >= 11 is 2.30. The van der Waals surface area contributed by atoms with Crippen LogP contribution in [0.15, 0.2) is 40.3 Å². The van der Waals surface area contributed by atoms with Crippen LogP contribution in [-0.4, -0.2) is 22.6 Å². The number of ketones is 1. The number of nitrogens with one attached hydrogen (secondary N) is 2. The zero-order valence-corrected chi connectivity index (χ0v) is 14.0. The number of rotatable bonds is 5. The Balaban J connectivity index is 1.65. The number of amides is 2. The number of hydrogen-bond donors (Lipinski definition) is 2. The molecule has 24 heavy (non-hydrogen) atoms. The van der Waals surface area contributed by atoms with E-state index in [9.17, 15) is 14.4 Å². The first-order chi connectivity index (χ1) is 11.5. The summed E-state index contributed by atoms with van der Waals surface area (Å²) in [7, 11) is 0. The summed E-state index contributed by atoms with van der Waals surface area (Å²) in [4.78, 5) is 39.7. The van der Waals surface area contributed by atoms with E-state index in [2.05, 4.69) is 15.6 Å². The van der Waals surface area contributed by atoms with E-state index >= 15 is 0 Å². The van der Waals surface area contributed by atoms with Gasteiger partial charge in [0.25, 0.3) is 11.8 Å². The zero-order valence-electron chi connectivity index (χ0n) is 12.4. The summed E-state index contributed by atoms with van der Waals surface area (Å²) in [5.74, 6) is -0.720. The van der Waals surface area contributed by atoms with Crippen molar-refractivity contribution >= 4 is 50.4 Å². The van der Waals surface area contributed by atoms with Crippen LogP contribution in [0.3, 0.4) is 0 Å². The molecule has 2 N–H and O–H groups in total. The Bertz CT molecular complexity index is 896. The lowest BCUT2D eigenvalue weighted by Crippen LogP contribution is -2.10. The quantitative estimate of drug-likeness (QED) is 0.677. The van der Waals surface area contributed by atoms with Gasteiger partial charge in [0.2, 0.25) is 0 Å². The van der Waals surface area contributed by atoms with Gasteiger partial charge in [-0.2, -0.15) is 0 Å². The molecular formula is C15H11N3O4S2. The molecule has 0 spiro atoms. The number of aromatic nitrogens is 1. The van der Waals surface area contributed by atoms with E-state index in [0.717, 1.165) is 11.3 Å². The molecule has 0 unspecified atom stereocenters. The Hall–Kier alpha value is -2.78. The predicted molar refractivity (Wildman–Crippen MR) is 91.1 cm³/mol. The molecular weight excluding hydrogens is 350 g/mol. The molecule has 122 valence electrons. The summed E-state index contributed by atoms with van der Waals surface area (Å²) < 4.78 is 5.00. The van der Waals surface area contributed by atoms with Crippen LogP contribution in [0.25, 0.3) is 0 Å². The summed E-state index contributed by atoms with van der Waals surface area (Å²) in [6.07, 6.45) is 1.41. The first-order valence-corrected chi connectivity index (χ1v) is 8.45. The van der Waals surface area contributed by atoms with Crippen molar-refractivity contribution < 1.29 is 18.8 Å². The summed E-state index contributed by atoms with van der Waals surface area (Å²) in [6.45, 7) is 1.41. The molecule has 0 saturated carbocycles. The average molecular weight is 361 g/mol. The third kappa shape index (κ3) is 3.58. The van der Waals surface area contributed by atoms with E-state index in [1.807, 2.05) is 0 Å². The molecule has 0 radical (unpaired) electrons. The minimum Gasteiger partial charge on any atom is -0.459 e. The second-order valence-corrected chi connectivity index (χ2v) is 6.59. The topological polar surface area (TPSA) is 101 Å². The Morgan fingerprint density at radius 2 is 1.96 bits per heavy atom. The van der Waals surface area contributed by atoms with Crippen LogP contribution in [-0.2, 0) is 0 Å². The second kappa shape index (κ2) is 6.77. The van der Waals surface area contributed by atoms with Crippen molar-refractivity contribution in [1.29, 1.82) is 0 Å². The van der Waals surface area contributed by atoms with E-state index in [1.165, 1.54) is 24.5 Å². The Morgan fingerprint density at radius 3 is 2.62 bits per heavy atom. The van der Waals surface area contributed by atoms with Gasteiger partial charge in [0.1, 0.15) is 5.69 Å². The number of hydrogen-bond acceptors (Lipinski definition) is 7. The highest BCUT2D eigenvalue weighted by Crippen LogP contribution is 2.24. The van der Waals surface area contributed by atoms with Gasteiger partial charge in [0.15, 0.2) is 16.7 Å². The third-order valence-electron chi connectivity index (χ3n) is 2.90. The number of carbonyl (C=O) groups excluding carboxylic acids is 3. The lowest BCUT2D eigenvalue weighted by molar-refractivity contribution is 0.0993. The molecule has 0 saturated heterocycles. The molecule has 0 aliphatic rings. The summed E-state index contributed by atoms with van der Waals surface area (Å²) in [5, 5.41) is 7.72. The fraction of sp³-hybridized carbons (Fsp3) is 0.0667. The second-order valence-electron chi connectivity index (χ2n) is 4.64. The van der Waals surface area contributed by atoms with E-state index in [0.29, 0.717) is 20.7 Å². The highest BCUT2D eigenvalue weighted by atomic mass is 32.1. The van der Waals surface area contributed by atoms with E-state index in [4.69, 9.17) is 4.42 Å². The largest absolute Gasteiger partial charge is 0.459 e. The molecule has 9 heteroatoms. The summed E-state index contributed by atoms with van der Waals surface area (Å²) in [6, 6.07) is 6.39. The molecule has 0 aromatic carbocycles. The van der Waals surface area contributed by atoms with Gasteiger partial charge in [-0.15, -0.1) is 22.7 Å². The maximum Gasteiger partial charge on any atom is 0.291 e. The smallest absolute Gasteiger partial charge is 0.291 e. The number of Topliss-reactive ketones (excluding diaryl/α,β-unsaturated/α-hetero) is 1. The number of thiazole rings is 1. The van der Waals surface area contributed by atoms with Crippen molar-refractivity contribution in [3.8, 4) is 0 Å². The number of furan rings is 1. The SMILES string of the molecule is CC(=O)c1csc(NC(=O)c2ccc(NC(=O)c3ccco3)s2)n1. The van der Waals surface area contributed by atoms with Crippen molar-refractivity contribution in [1.82, 2.24) is 4.98 Å². The lowest BCUT2D eigenvalue weighted by atomic mass is 10.4. The van der Waals surface area contributed by atoms with Crippen LogP contribution in [0.2, 0.25) is 0 Å². The zero-order chi connectivity index (χ0) is 17.1. The van der Waals surface area contributed by atoms with Gasteiger partial charge in [0.05, 0.1) is 16.1 Å². The minimum atomic E-state index is -0.389. The van der Waals surface area contributed by atoms with Gasteiger partial charge in [-0.25, -0.2) is 4.98 Å². The van der Waals surface area contributed by atoms with E-state index in [1.54, 1.807) is 29.6 Å². The molecule has 7 nitrogen and oxygen atoms in total. The first kappa shape index (κ1) is 16.1. The van der Waals surface area contributed by atoms with Crippen molar-refractivity contribution in [3.05, 3.63) is 52.2 Å². The monoisotopic (exact) mass is 361 g/mol.